The zero-order valence-corrected chi connectivity index (χ0v) is 7.69. The van der Waals surface area contributed by atoms with Crippen molar-refractivity contribution in [3.8, 4) is 17.5 Å². The van der Waals surface area contributed by atoms with Crippen molar-refractivity contribution in [2.75, 3.05) is 0 Å². The number of benzene rings is 1. The third kappa shape index (κ3) is 1.38. The second kappa shape index (κ2) is 3.35. The lowest BCUT2D eigenvalue weighted by atomic mass is 10.1. The van der Waals surface area contributed by atoms with Crippen molar-refractivity contribution in [1.29, 1.82) is 5.26 Å². The normalized spacial score (nSPS) is 9.71. The molecule has 0 bridgehead atoms. The molecule has 68 valence electrons. The van der Waals surface area contributed by atoms with Gasteiger partial charge in [0.05, 0.1) is 23.4 Å². The fourth-order valence-corrected chi connectivity index (χ4v) is 1.25. The van der Waals surface area contributed by atoms with E-state index in [0.717, 1.165) is 11.3 Å². The molecule has 0 aliphatic heterocycles. The van der Waals surface area contributed by atoms with Gasteiger partial charge in [-0.3, -0.25) is 0 Å². The Morgan fingerprint density at radius 1 is 1.36 bits per heavy atom. The lowest BCUT2D eigenvalue weighted by molar-refractivity contribution is 0.542. The Balaban J connectivity index is 2.57. The first-order chi connectivity index (χ1) is 6.81. The Bertz CT molecular complexity index is 494. The predicted octanol–water partition coefficient (Wildman–Crippen LogP) is 2.52. The minimum Gasteiger partial charge on any atom is -0.441 e. The average Bonchev–Trinajstić information content (AvgIpc) is 2.65. The molecule has 0 aliphatic carbocycles. The smallest absolute Gasteiger partial charge is 0.227 e. The molecule has 0 aliphatic rings. The van der Waals surface area contributed by atoms with Gasteiger partial charge in [-0.1, -0.05) is 12.1 Å². The van der Waals surface area contributed by atoms with Crippen LogP contribution in [0.4, 0.5) is 0 Å². The maximum Gasteiger partial charge on any atom is 0.227 e. The first kappa shape index (κ1) is 8.52. The molecule has 0 radical (unpaired) electrons. The van der Waals surface area contributed by atoms with Crippen LogP contribution in [0.5, 0.6) is 0 Å². The third-order valence-corrected chi connectivity index (χ3v) is 1.90. The van der Waals surface area contributed by atoms with Gasteiger partial charge >= 0.3 is 0 Å². The number of nitriles is 1. The maximum absolute atomic E-state index is 8.87. The maximum atomic E-state index is 8.87. The Morgan fingerprint density at radius 3 is 2.79 bits per heavy atom. The van der Waals surface area contributed by atoms with Gasteiger partial charge in [-0.2, -0.15) is 5.26 Å². The van der Waals surface area contributed by atoms with Gasteiger partial charge in [0.15, 0.2) is 0 Å². The van der Waals surface area contributed by atoms with Crippen molar-refractivity contribution in [2.45, 2.75) is 6.92 Å². The summed E-state index contributed by atoms with van der Waals surface area (Å²) < 4.78 is 5.35. The predicted molar refractivity (Wildman–Crippen MR) is 51.4 cm³/mol. The molecule has 3 nitrogen and oxygen atoms in total. The first-order valence-corrected chi connectivity index (χ1v) is 4.23. The van der Waals surface area contributed by atoms with Crippen LogP contribution in [0.1, 0.15) is 11.3 Å². The van der Waals surface area contributed by atoms with E-state index in [-0.39, 0.29) is 0 Å². The summed E-state index contributed by atoms with van der Waals surface area (Å²) in [6, 6.07) is 9.35. The molecule has 2 rings (SSSR count). The number of hydrogen-bond acceptors (Lipinski definition) is 3. The Labute approximate surface area is 81.6 Å². The summed E-state index contributed by atoms with van der Waals surface area (Å²) in [6.07, 6.45) is 1.64. The summed E-state index contributed by atoms with van der Waals surface area (Å²) >= 11 is 0. The third-order valence-electron chi connectivity index (χ3n) is 1.90. The van der Waals surface area contributed by atoms with Crippen molar-refractivity contribution in [3.63, 3.8) is 0 Å². The molecular weight excluding hydrogens is 176 g/mol. The van der Waals surface area contributed by atoms with E-state index in [1.807, 2.05) is 25.1 Å². The van der Waals surface area contributed by atoms with Crippen LogP contribution in [0.25, 0.3) is 11.5 Å². The highest BCUT2D eigenvalue weighted by molar-refractivity contribution is 5.62. The van der Waals surface area contributed by atoms with Crippen molar-refractivity contribution < 1.29 is 4.42 Å². The topological polar surface area (TPSA) is 49.8 Å². The summed E-state index contributed by atoms with van der Waals surface area (Å²) in [5.41, 5.74) is 1.32. The molecule has 1 heterocycles. The van der Waals surface area contributed by atoms with E-state index >= 15 is 0 Å². The molecule has 0 amide bonds. The number of oxazole rings is 1. The zero-order chi connectivity index (χ0) is 9.97. The van der Waals surface area contributed by atoms with E-state index in [2.05, 4.69) is 11.1 Å². The summed E-state index contributed by atoms with van der Waals surface area (Å²) in [7, 11) is 0. The largest absolute Gasteiger partial charge is 0.441 e. The molecule has 2 aromatic rings. The lowest BCUT2D eigenvalue weighted by Crippen LogP contribution is -1.82. The van der Waals surface area contributed by atoms with Crippen molar-refractivity contribution >= 4 is 0 Å². The molecule has 1 aromatic heterocycles. The van der Waals surface area contributed by atoms with Gasteiger partial charge in [0.2, 0.25) is 5.89 Å². The molecule has 3 heteroatoms. The van der Waals surface area contributed by atoms with Gasteiger partial charge in [0.1, 0.15) is 5.76 Å². The number of aryl methyl sites for hydroxylation is 1. The second-order valence-electron chi connectivity index (χ2n) is 2.93. The van der Waals surface area contributed by atoms with Crippen LogP contribution in [0, 0.1) is 18.3 Å². The fraction of sp³-hybridized carbons (Fsp3) is 0.0909. The highest BCUT2D eigenvalue weighted by Gasteiger charge is 2.08. The molecule has 0 fully saturated rings. The second-order valence-corrected chi connectivity index (χ2v) is 2.93. The van der Waals surface area contributed by atoms with E-state index in [9.17, 15) is 0 Å². The lowest BCUT2D eigenvalue weighted by Gasteiger charge is -1.96. The van der Waals surface area contributed by atoms with Gasteiger partial charge < -0.3 is 4.42 Å². The Kier molecular flexibility index (Phi) is 2.04. The molecule has 1 aromatic carbocycles. The van der Waals surface area contributed by atoms with E-state index in [4.69, 9.17) is 9.68 Å². The number of rotatable bonds is 1. The molecule has 0 saturated heterocycles. The molecule has 0 unspecified atom stereocenters. The van der Waals surface area contributed by atoms with E-state index < -0.39 is 0 Å². The quantitative estimate of drug-likeness (QED) is 0.684. The van der Waals surface area contributed by atoms with Crippen LogP contribution in [-0.4, -0.2) is 4.98 Å². The minimum absolute atomic E-state index is 0.500. The van der Waals surface area contributed by atoms with Gasteiger partial charge in [0, 0.05) is 0 Å². The van der Waals surface area contributed by atoms with Crippen LogP contribution in [0.15, 0.2) is 34.9 Å². The van der Waals surface area contributed by atoms with E-state index in [0.29, 0.717) is 11.5 Å². The Morgan fingerprint density at radius 2 is 2.14 bits per heavy atom. The Hall–Kier alpha value is -2.08. The summed E-state index contributed by atoms with van der Waals surface area (Å²) in [6.45, 7) is 1.82. The highest BCUT2D eigenvalue weighted by Crippen LogP contribution is 2.22. The van der Waals surface area contributed by atoms with Crippen LogP contribution in [-0.2, 0) is 0 Å². The van der Waals surface area contributed by atoms with Crippen LogP contribution >= 0.6 is 0 Å². The van der Waals surface area contributed by atoms with Crippen molar-refractivity contribution in [3.05, 3.63) is 41.8 Å². The molecule has 0 saturated carbocycles. The van der Waals surface area contributed by atoms with Gasteiger partial charge in [0.25, 0.3) is 0 Å². The molecule has 0 N–H and O–H groups in total. The average molecular weight is 184 g/mol. The molecule has 0 spiro atoms. The monoisotopic (exact) mass is 184 g/mol. The molecule has 0 atom stereocenters. The van der Waals surface area contributed by atoms with Crippen molar-refractivity contribution in [1.82, 2.24) is 4.98 Å². The summed E-state index contributed by atoms with van der Waals surface area (Å²) in [4.78, 5) is 4.08. The summed E-state index contributed by atoms with van der Waals surface area (Å²) in [5, 5.41) is 8.87. The van der Waals surface area contributed by atoms with Crippen LogP contribution in [0.2, 0.25) is 0 Å². The number of nitrogens with zero attached hydrogens (tertiary/aromatic N) is 2. The molecule has 14 heavy (non-hydrogen) atoms. The van der Waals surface area contributed by atoms with Crippen molar-refractivity contribution in [2.24, 2.45) is 0 Å². The fourth-order valence-electron chi connectivity index (χ4n) is 1.25. The minimum atomic E-state index is 0.500. The van der Waals surface area contributed by atoms with Gasteiger partial charge in [-0.05, 0) is 19.1 Å². The standard InChI is InChI=1S/C11H8N2O/c1-8-7-13-11(14-8)10-5-3-2-4-9(10)6-12/h2-5,7H,1H3. The molecular formula is C11H8N2O. The number of aromatic nitrogens is 1. The van der Waals surface area contributed by atoms with E-state index in [1.165, 1.54) is 0 Å². The van der Waals surface area contributed by atoms with E-state index in [1.54, 1.807) is 12.3 Å². The van der Waals surface area contributed by atoms with Gasteiger partial charge in [-0.15, -0.1) is 0 Å². The highest BCUT2D eigenvalue weighted by atomic mass is 16.4. The van der Waals surface area contributed by atoms with Gasteiger partial charge in [-0.25, -0.2) is 4.98 Å². The first-order valence-electron chi connectivity index (χ1n) is 4.23. The van der Waals surface area contributed by atoms with Crippen LogP contribution < -0.4 is 0 Å². The number of hydrogen-bond donors (Lipinski definition) is 0. The SMILES string of the molecule is Cc1cnc(-c2ccccc2C#N)o1. The van der Waals surface area contributed by atoms with Crippen LogP contribution in [0.3, 0.4) is 0 Å². The zero-order valence-electron chi connectivity index (χ0n) is 7.69. The summed E-state index contributed by atoms with van der Waals surface area (Å²) in [5.74, 6) is 1.24.